The Bertz CT molecular complexity index is 1010. The van der Waals surface area contributed by atoms with Crippen LogP contribution in [0.25, 0.3) is 5.69 Å². The molecule has 0 aliphatic rings. The van der Waals surface area contributed by atoms with Crippen LogP contribution in [0.1, 0.15) is 6.92 Å². The third kappa shape index (κ3) is 5.00. The highest BCUT2D eigenvalue weighted by atomic mass is 35.5. The van der Waals surface area contributed by atoms with Gasteiger partial charge in [-0.05, 0) is 40.8 Å². The Labute approximate surface area is 174 Å². The zero-order valence-corrected chi connectivity index (χ0v) is 16.8. The zero-order valence-electron chi connectivity index (χ0n) is 14.5. The van der Waals surface area contributed by atoms with Crippen molar-refractivity contribution >= 4 is 58.2 Å². The van der Waals surface area contributed by atoms with Gasteiger partial charge in [-0.3, -0.25) is 9.59 Å². The molecule has 144 valence electrons. The predicted octanol–water partition coefficient (Wildman–Crippen LogP) is 3.66. The topological polar surface area (TPSA) is 102 Å². The molecule has 0 radical (unpaired) electrons. The molecule has 0 fully saturated rings. The third-order valence-electron chi connectivity index (χ3n) is 3.41. The number of carbonyl (C=O) groups is 2. The fourth-order valence-corrected chi connectivity index (χ4v) is 3.46. The van der Waals surface area contributed by atoms with E-state index in [-0.39, 0.29) is 17.6 Å². The summed E-state index contributed by atoms with van der Waals surface area (Å²) in [7, 11) is 0. The van der Waals surface area contributed by atoms with Crippen molar-refractivity contribution in [2.45, 2.75) is 12.1 Å². The van der Waals surface area contributed by atoms with Crippen LogP contribution in [0.15, 0.2) is 47.6 Å². The monoisotopic (exact) mass is 436 g/mol. The van der Waals surface area contributed by atoms with Crippen molar-refractivity contribution < 1.29 is 9.59 Å². The second kappa shape index (κ2) is 9.05. The molecule has 0 aliphatic carbocycles. The number of hydrogen-bond donors (Lipinski definition) is 2. The molecule has 28 heavy (non-hydrogen) atoms. The number of rotatable bonds is 6. The molecule has 1 aromatic heterocycles. The summed E-state index contributed by atoms with van der Waals surface area (Å²) >= 11 is 13.3. The van der Waals surface area contributed by atoms with Crippen LogP contribution in [0.5, 0.6) is 0 Å². The second-order valence-corrected chi connectivity index (χ2v) is 7.30. The summed E-state index contributed by atoms with van der Waals surface area (Å²) < 4.78 is 1.48. The van der Waals surface area contributed by atoms with Crippen LogP contribution in [0.2, 0.25) is 10.0 Å². The standard InChI is InChI=1S/C17H14Cl2N6O2S/c1-10(26)20-11-4-2-5-12(8-11)25-17(22-23-24-25)28-9-15(27)21-16-13(18)6-3-7-14(16)19/h2-8H,9H2,1H3,(H,20,26)(H,21,27). The molecule has 0 atom stereocenters. The van der Waals surface area contributed by atoms with Gasteiger partial charge in [0.2, 0.25) is 17.0 Å². The summed E-state index contributed by atoms with van der Waals surface area (Å²) in [5, 5.41) is 18.0. The van der Waals surface area contributed by atoms with Gasteiger partial charge in [-0.2, -0.15) is 4.68 Å². The Morgan fingerprint density at radius 3 is 2.54 bits per heavy atom. The molecule has 0 unspecified atom stereocenters. The first kappa shape index (κ1) is 20.1. The maximum Gasteiger partial charge on any atom is 0.234 e. The number of anilines is 2. The van der Waals surface area contributed by atoms with E-state index in [0.717, 1.165) is 11.8 Å². The number of amides is 2. The lowest BCUT2D eigenvalue weighted by molar-refractivity contribution is -0.114. The number of aromatic nitrogens is 4. The van der Waals surface area contributed by atoms with Gasteiger partial charge < -0.3 is 10.6 Å². The number of thioether (sulfide) groups is 1. The van der Waals surface area contributed by atoms with Crippen molar-refractivity contribution in [1.29, 1.82) is 0 Å². The van der Waals surface area contributed by atoms with E-state index >= 15 is 0 Å². The minimum Gasteiger partial charge on any atom is -0.326 e. The SMILES string of the molecule is CC(=O)Nc1cccc(-n2nnnc2SCC(=O)Nc2c(Cl)cccc2Cl)c1. The lowest BCUT2D eigenvalue weighted by atomic mass is 10.3. The summed E-state index contributed by atoms with van der Waals surface area (Å²) in [4.78, 5) is 23.5. The van der Waals surface area contributed by atoms with Crippen LogP contribution in [-0.4, -0.2) is 37.8 Å². The molecule has 0 saturated heterocycles. The average molecular weight is 437 g/mol. The highest BCUT2D eigenvalue weighted by Crippen LogP contribution is 2.30. The average Bonchev–Trinajstić information content (AvgIpc) is 3.11. The lowest BCUT2D eigenvalue weighted by Gasteiger charge is -2.09. The summed E-state index contributed by atoms with van der Waals surface area (Å²) in [6.45, 7) is 1.43. The van der Waals surface area contributed by atoms with Crippen LogP contribution in [0.3, 0.4) is 0 Å². The first-order valence-corrected chi connectivity index (χ1v) is 9.71. The number of halogens is 2. The van der Waals surface area contributed by atoms with Crippen molar-refractivity contribution in [2.75, 3.05) is 16.4 Å². The van der Waals surface area contributed by atoms with Gasteiger partial charge in [-0.15, -0.1) is 5.10 Å². The van der Waals surface area contributed by atoms with E-state index in [1.54, 1.807) is 42.5 Å². The first-order chi connectivity index (χ1) is 13.4. The number of nitrogens with zero attached hydrogens (tertiary/aromatic N) is 4. The van der Waals surface area contributed by atoms with Gasteiger partial charge in [0, 0.05) is 12.6 Å². The van der Waals surface area contributed by atoms with E-state index in [4.69, 9.17) is 23.2 Å². The number of carbonyl (C=O) groups excluding carboxylic acids is 2. The van der Waals surface area contributed by atoms with Crippen molar-refractivity contribution in [1.82, 2.24) is 20.2 Å². The minimum atomic E-state index is -0.304. The molecule has 2 amide bonds. The van der Waals surface area contributed by atoms with Crippen molar-refractivity contribution in [3.05, 3.63) is 52.5 Å². The zero-order chi connectivity index (χ0) is 20.1. The number of tetrazole rings is 1. The Morgan fingerprint density at radius 2 is 1.82 bits per heavy atom. The smallest absolute Gasteiger partial charge is 0.234 e. The van der Waals surface area contributed by atoms with E-state index in [9.17, 15) is 9.59 Å². The van der Waals surface area contributed by atoms with E-state index in [1.807, 2.05) is 0 Å². The second-order valence-electron chi connectivity index (χ2n) is 5.54. The van der Waals surface area contributed by atoms with Crippen LogP contribution in [-0.2, 0) is 9.59 Å². The lowest BCUT2D eigenvalue weighted by Crippen LogP contribution is -2.15. The highest BCUT2D eigenvalue weighted by molar-refractivity contribution is 7.99. The Balaban J connectivity index is 1.69. The first-order valence-electron chi connectivity index (χ1n) is 7.97. The van der Waals surface area contributed by atoms with Gasteiger partial charge in [-0.25, -0.2) is 0 Å². The third-order valence-corrected chi connectivity index (χ3v) is 4.96. The van der Waals surface area contributed by atoms with Gasteiger partial charge in [0.15, 0.2) is 0 Å². The van der Waals surface area contributed by atoms with Gasteiger partial charge in [0.05, 0.1) is 27.2 Å². The van der Waals surface area contributed by atoms with Gasteiger partial charge in [-0.1, -0.05) is 47.1 Å². The summed E-state index contributed by atoms with van der Waals surface area (Å²) in [5.74, 6) is -0.437. The predicted molar refractivity (Wildman–Crippen MR) is 109 cm³/mol. The molecule has 2 aromatic carbocycles. The molecule has 0 saturated carbocycles. The molecule has 2 N–H and O–H groups in total. The van der Waals surface area contributed by atoms with Gasteiger partial charge in [0.25, 0.3) is 0 Å². The largest absolute Gasteiger partial charge is 0.326 e. The van der Waals surface area contributed by atoms with Crippen molar-refractivity contribution in [2.24, 2.45) is 0 Å². The Hall–Kier alpha value is -2.62. The number of para-hydroxylation sites is 1. The minimum absolute atomic E-state index is 0.0489. The molecular formula is C17H14Cl2N6O2S. The quantitative estimate of drug-likeness (QED) is 0.571. The summed E-state index contributed by atoms with van der Waals surface area (Å²) in [6, 6.07) is 12.0. The fourth-order valence-electron chi connectivity index (χ4n) is 2.27. The molecular weight excluding hydrogens is 423 g/mol. The summed E-state index contributed by atoms with van der Waals surface area (Å²) in [5.41, 5.74) is 1.62. The molecule has 3 aromatic rings. The summed E-state index contributed by atoms with van der Waals surface area (Å²) in [6.07, 6.45) is 0. The number of hydrogen-bond acceptors (Lipinski definition) is 6. The molecule has 1 heterocycles. The molecule has 0 spiro atoms. The van der Waals surface area contributed by atoms with Crippen LogP contribution in [0, 0.1) is 0 Å². The van der Waals surface area contributed by atoms with E-state index < -0.39 is 0 Å². The van der Waals surface area contributed by atoms with Crippen LogP contribution in [0.4, 0.5) is 11.4 Å². The van der Waals surface area contributed by atoms with E-state index in [2.05, 4.69) is 26.2 Å². The molecule has 11 heteroatoms. The number of benzene rings is 2. The normalized spacial score (nSPS) is 10.5. The van der Waals surface area contributed by atoms with Gasteiger partial charge in [0.1, 0.15) is 0 Å². The van der Waals surface area contributed by atoms with E-state index in [1.165, 1.54) is 11.6 Å². The van der Waals surface area contributed by atoms with Crippen molar-refractivity contribution in [3.63, 3.8) is 0 Å². The molecule has 8 nitrogen and oxygen atoms in total. The maximum atomic E-state index is 12.3. The van der Waals surface area contributed by atoms with Crippen molar-refractivity contribution in [3.8, 4) is 5.69 Å². The maximum absolute atomic E-state index is 12.3. The van der Waals surface area contributed by atoms with E-state index in [0.29, 0.717) is 32.3 Å². The van der Waals surface area contributed by atoms with Crippen LogP contribution < -0.4 is 10.6 Å². The van der Waals surface area contributed by atoms with Crippen LogP contribution >= 0.6 is 35.0 Å². The Kier molecular flexibility index (Phi) is 6.50. The number of nitrogens with one attached hydrogen (secondary N) is 2. The van der Waals surface area contributed by atoms with Gasteiger partial charge >= 0.3 is 0 Å². The molecule has 0 bridgehead atoms. The fraction of sp³-hybridized carbons (Fsp3) is 0.118. The Morgan fingerprint density at radius 1 is 1.11 bits per heavy atom. The molecule has 3 rings (SSSR count). The molecule has 0 aliphatic heterocycles. The highest BCUT2D eigenvalue weighted by Gasteiger charge is 2.14.